The zero-order valence-electron chi connectivity index (χ0n) is 18.2. The third-order valence-corrected chi connectivity index (χ3v) is 7.32. The second kappa shape index (κ2) is 7.93. The van der Waals surface area contributed by atoms with Crippen LogP contribution in [0.25, 0.3) is 11.4 Å². The number of aromatic nitrogens is 4. The molecule has 4 heterocycles. The molecule has 0 amide bonds. The Hall–Kier alpha value is -2.85. The predicted molar refractivity (Wildman–Crippen MR) is 119 cm³/mol. The predicted octanol–water partition coefficient (Wildman–Crippen LogP) is 3.37. The molecule has 9 nitrogen and oxygen atoms in total. The van der Waals surface area contributed by atoms with Crippen LogP contribution >= 0.6 is 0 Å². The molecule has 1 aliphatic carbocycles. The lowest BCUT2D eigenvalue weighted by Crippen LogP contribution is -2.25. The van der Waals surface area contributed by atoms with E-state index in [1.165, 1.54) is 12.5 Å². The fourth-order valence-electron chi connectivity index (χ4n) is 4.21. The minimum Gasteiger partial charge on any atom is -0.492 e. The Kier molecular flexibility index (Phi) is 5.21. The summed E-state index contributed by atoms with van der Waals surface area (Å²) >= 11 is 0. The number of piperidine rings is 1. The summed E-state index contributed by atoms with van der Waals surface area (Å²) in [6.45, 7) is 6.63. The Morgan fingerprint density at radius 3 is 2.38 bits per heavy atom. The van der Waals surface area contributed by atoms with Crippen molar-refractivity contribution in [2.24, 2.45) is 17.8 Å². The van der Waals surface area contributed by atoms with E-state index in [9.17, 15) is 8.76 Å². The zero-order chi connectivity index (χ0) is 22.5. The van der Waals surface area contributed by atoms with E-state index < -0.39 is 10.2 Å². The lowest BCUT2D eigenvalue weighted by atomic mass is 10.2. The fraction of sp³-hybridized carbons (Fsp3) is 0.455. The standard InChI is InChI=1S/C22H25N5O4S/c1-13(2)21-25-22(31-26-21)27-10-16-17(11-27)18(16)12-30-14-4-6-19(23-8-14)20-7-5-15(9-24-20)32(3,28)29/h4-9,13,16-18H,10-12H2,1-3H3/p+1/t16-,17?,18?/m1/s1. The van der Waals surface area contributed by atoms with Crippen molar-refractivity contribution in [1.29, 1.82) is 0 Å². The molecular weight excluding hydrogens is 430 g/mol. The van der Waals surface area contributed by atoms with E-state index in [0.717, 1.165) is 24.7 Å². The number of fused-ring (bicyclic) bond motifs is 1. The van der Waals surface area contributed by atoms with Crippen molar-refractivity contribution >= 4 is 16.2 Å². The summed E-state index contributed by atoms with van der Waals surface area (Å²) in [5.74, 6) is 3.46. The number of anilines is 1. The number of ether oxygens (including phenoxy) is 1. The maximum absolute atomic E-state index is 11.7. The average molecular weight is 457 g/mol. The molecule has 4 atom stereocenters. The number of pyridine rings is 2. The van der Waals surface area contributed by atoms with Crippen molar-refractivity contribution in [3.05, 3.63) is 42.5 Å². The van der Waals surface area contributed by atoms with E-state index in [1.54, 1.807) is 18.3 Å². The highest BCUT2D eigenvalue weighted by Crippen LogP contribution is 2.52. The van der Waals surface area contributed by atoms with Gasteiger partial charge in [-0.25, -0.2) is 4.98 Å². The second-order valence-corrected chi connectivity index (χ2v) is 10.9. The number of nitrogens with zero attached hydrogens (tertiary/aromatic N) is 5. The molecule has 0 radical (unpaired) electrons. The Morgan fingerprint density at radius 2 is 1.84 bits per heavy atom. The third kappa shape index (κ3) is 4.12. The van der Waals surface area contributed by atoms with Crippen molar-refractivity contribution in [3.63, 3.8) is 0 Å². The maximum Gasteiger partial charge on any atom is 0.324 e. The maximum atomic E-state index is 11.7. The summed E-state index contributed by atoms with van der Waals surface area (Å²) < 4.78 is 32.6. The van der Waals surface area contributed by atoms with Gasteiger partial charge in [0.2, 0.25) is 15.1 Å². The highest BCUT2D eigenvalue weighted by atomic mass is 32.3. The monoisotopic (exact) mass is 456 g/mol. The first-order valence-corrected chi connectivity index (χ1v) is 12.6. The van der Waals surface area contributed by atoms with Gasteiger partial charge in [-0.05, 0) is 36.1 Å². The molecule has 3 unspecified atom stereocenters. The lowest BCUT2D eigenvalue weighted by Gasteiger charge is -2.16. The molecule has 0 bridgehead atoms. The first kappa shape index (κ1) is 21.0. The topological polar surface area (TPSA) is 114 Å². The van der Waals surface area contributed by atoms with E-state index in [0.29, 0.717) is 46.7 Å². The van der Waals surface area contributed by atoms with Crippen molar-refractivity contribution in [3.8, 4) is 17.1 Å². The van der Waals surface area contributed by atoms with Crippen LogP contribution in [0.2, 0.25) is 0 Å². The zero-order valence-corrected chi connectivity index (χ0v) is 19.0. The molecule has 168 valence electrons. The average Bonchev–Trinajstić information content (AvgIpc) is 3.16. The number of hydrogen-bond acceptors (Lipinski definition) is 8. The first-order chi connectivity index (χ1) is 15.3. The van der Waals surface area contributed by atoms with Crippen LogP contribution in [0.4, 0.5) is 6.01 Å². The minimum absolute atomic E-state index is 0.260. The van der Waals surface area contributed by atoms with Crippen LogP contribution in [0.5, 0.6) is 5.75 Å². The van der Waals surface area contributed by atoms with Crippen molar-refractivity contribution in [2.45, 2.75) is 24.7 Å². The molecule has 2 aliphatic rings. The van der Waals surface area contributed by atoms with Crippen molar-refractivity contribution in [2.75, 3.05) is 30.9 Å². The van der Waals surface area contributed by atoms with E-state index in [1.807, 2.05) is 12.1 Å². The Morgan fingerprint density at radius 1 is 1.16 bits per heavy atom. The van der Waals surface area contributed by atoms with Gasteiger partial charge in [-0.3, -0.25) is 4.98 Å². The Labute approximate surface area is 187 Å². The summed E-state index contributed by atoms with van der Waals surface area (Å²) in [6, 6.07) is 7.65. The van der Waals surface area contributed by atoms with Gasteiger partial charge in [-0.15, -0.1) is 0 Å². The molecule has 3 aromatic heterocycles. The van der Waals surface area contributed by atoms with Gasteiger partial charge in [0, 0.05) is 24.9 Å². The van der Waals surface area contributed by atoms with Gasteiger partial charge >= 0.3 is 6.01 Å². The van der Waals surface area contributed by atoms with Gasteiger partial charge in [-0.1, -0.05) is 23.2 Å². The highest BCUT2D eigenvalue weighted by molar-refractivity contribution is 7.97. The van der Waals surface area contributed by atoms with Crippen molar-refractivity contribution < 1.29 is 18.0 Å². The van der Waals surface area contributed by atoms with Gasteiger partial charge in [0.15, 0.2) is 5.82 Å². The molecule has 0 aromatic carbocycles. The summed E-state index contributed by atoms with van der Waals surface area (Å²) in [6.07, 6.45) is 4.38. The van der Waals surface area contributed by atoms with Crippen LogP contribution in [-0.4, -0.2) is 50.6 Å². The second-order valence-electron chi connectivity index (χ2n) is 8.86. The molecule has 0 spiro atoms. The van der Waals surface area contributed by atoms with Crippen LogP contribution < -0.4 is 9.64 Å². The SMILES string of the molecule is CC(C)c1noc(N2CC3C(COc4ccc(-c5ccc([S+](C)(=O)O)cn5)nc4)[C@@H]3C2)n1. The van der Waals surface area contributed by atoms with E-state index in [2.05, 4.69) is 38.9 Å². The van der Waals surface area contributed by atoms with Crippen LogP contribution in [-0.2, 0) is 14.4 Å². The fourth-order valence-corrected chi connectivity index (χ4v) is 4.78. The summed E-state index contributed by atoms with van der Waals surface area (Å²) in [5.41, 5.74) is 1.33. The molecule has 2 fully saturated rings. The molecule has 1 N–H and O–H groups in total. The lowest BCUT2D eigenvalue weighted by molar-refractivity contribution is 0.281. The van der Waals surface area contributed by atoms with Crippen LogP contribution in [0.1, 0.15) is 25.6 Å². The molecule has 1 saturated carbocycles. The summed E-state index contributed by atoms with van der Waals surface area (Å²) in [7, 11) is -3.01. The van der Waals surface area contributed by atoms with Crippen LogP contribution in [0, 0.1) is 17.8 Å². The van der Waals surface area contributed by atoms with Crippen LogP contribution in [0.15, 0.2) is 46.1 Å². The molecular formula is C22H26N5O4S+. The summed E-state index contributed by atoms with van der Waals surface area (Å²) in [5, 5.41) is 4.05. The normalized spacial score (nSPS) is 23.8. The van der Waals surface area contributed by atoms with Crippen LogP contribution in [0.3, 0.4) is 0 Å². The molecule has 10 heteroatoms. The van der Waals surface area contributed by atoms with Crippen molar-refractivity contribution in [1.82, 2.24) is 20.1 Å². The first-order valence-electron chi connectivity index (χ1n) is 10.6. The van der Waals surface area contributed by atoms with Gasteiger partial charge in [0.05, 0.1) is 30.4 Å². The van der Waals surface area contributed by atoms with E-state index in [4.69, 9.17) is 9.26 Å². The van der Waals surface area contributed by atoms with Gasteiger partial charge in [0.25, 0.3) is 0 Å². The summed E-state index contributed by atoms with van der Waals surface area (Å²) in [4.78, 5) is 15.6. The molecule has 3 aromatic rings. The largest absolute Gasteiger partial charge is 0.492 e. The Balaban J connectivity index is 1.13. The Bertz CT molecular complexity index is 1130. The third-order valence-electron chi connectivity index (χ3n) is 6.20. The van der Waals surface area contributed by atoms with Gasteiger partial charge < -0.3 is 14.2 Å². The van der Waals surface area contributed by atoms with Gasteiger partial charge in [-0.2, -0.15) is 9.54 Å². The smallest absolute Gasteiger partial charge is 0.324 e. The highest BCUT2D eigenvalue weighted by Gasteiger charge is 2.56. The quantitative estimate of drug-likeness (QED) is 0.534. The molecule has 1 saturated heterocycles. The molecule has 32 heavy (non-hydrogen) atoms. The number of hydrogen-bond donors (Lipinski definition) is 1. The molecule has 1 aliphatic heterocycles. The van der Waals surface area contributed by atoms with Gasteiger partial charge in [0.1, 0.15) is 12.0 Å². The van der Waals surface area contributed by atoms with E-state index in [-0.39, 0.29) is 5.92 Å². The van der Waals surface area contributed by atoms with E-state index >= 15 is 0 Å². The molecule has 5 rings (SSSR count). The minimum atomic E-state index is -3.01. The number of rotatable bonds is 7.